The fourth-order valence-corrected chi connectivity index (χ4v) is 3.36. The minimum Gasteiger partial charge on any atom is -0.494 e. The summed E-state index contributed by atoms with van der Waals surface area (Å²) in [6.45, 7) is 7.12. The lowest BCUT2D eigenvalue weighted by Gasteiger charge is -2.25. The molecule has 1 aliphatic rings. The van der Waals surface area contributed by atoms with E-state index in [1.807, 2.05) is 6.92 Å². The van der Waals surface area contributed by atoms with E-state index in [4.69, 9.17) is 4.74 Å². The molecule has 1 saturated heterocycles. The molecule has 2 heteroatoms. The van der Waals surface area contributed by atoms with E-state index in [2.05, 4.69) is 60.4 Å². The Morgan fingerprint density at radius 2 is 1.95 bits per heavy atom. The van der Waals surface area contributed by atoms with Gasteiger partial charge in [0.25, 0.3) is 0 Å². The minimum absolute atomic E-state index is 0.562. The van der Waals surface area contributed by atoms with Crippen molar-refractivity contribution < 1.29 is 4.74 Å². The summed E-state index contributed by atoms with van der Waals surface area (Å²) in [7, 11) is 0. The molecule has 0 aromatic heterocycles. The maximum atomic E-state index is 5.52. The van der Waals surface area contributed by atoms with Crippen molar-refractivity contribution in [2.45, 2.75) is 39.3 Å². The second-order valence-electron chi connectivity index (χ2n) is 6.12. The Balaban J connectivity index is 1.71. The normalized spacial score (nSPS) is 18.5. The lowest BCUT2D eigenvalue weighted by molar-refractivity contribution is 0.248. The van der Waals surface area contributed by atoms with Crippen molar-refractivity contribution in [1.29, 1.82) is 0 Å². The van der Waals surface area contributed by atoms with Crippen molar-refractivity contribution in [1.82, 2.24) is 4.90 Å². The van der Waals surface area contributed by atoms with E-state index in [-0.39, 0.29) is 0 Å². The number of aryl methyl sites for hydroxylation is 1. The van der Waals surface area contributed by atoms with Crippen molar-refractivity contribution in [3.63, 3.8) is 0 Å². The number of hydrogen-bond donors (Lipinski definition) is 0. The van der Waals surface area contributed by atoms with Gasteiger partial charge in [-0.1, -0.05) is 42.0 Å². The maximum Gasteiger partial charge on any atom is 0.119 e. The molecule has 0 amide bonds. The van der Waals surface area contributed by atoms with E-state index in [1.54, 1.807) is 0 Å². The van der Waals surface area contributed by atoms with E-state index in [1.165, 1.54) is 36.1 Å². The van der Waals surface area contributed by atoms with Crippen LogP contribution in [0.5, 0.6) is 5.75 Å². The highest BCUT2D eigenvalue weighted by atomic mass is 16.5. The zero-order valence-electron chi connectivity index (χ0n) is 13.6. The zero-order valence-corrected chi connectivity index (χ0v) is 13.6. The number of hydrogen-bond acceptors (Lipinski definition) is 2. The summed E-state index contributed by atoms with van der Waals surface area (Å²) >= 11 is 0. The maximum absolute atomic E-state index is 5.52. The average Bonchev–Trinajstić information content (AvgIpc) is 2.98. The van der Waals surface area contributed by atoms with Crippen molar-refractivity contribution in [3.8, 4) is 5.75 Å². The molecular weight excluding hydrogens is 270 g/mol. The summed E-state index contributed by atoms with van der Waals surface area (Å²) in [5.41, 5.74) is 4.18. The fraction of sp³-hybridized carbons (Fsp3) is 0.400. The fourth-order valence-electron chi connectivity index (χ4n) is 3.36. The highest BCUT2D eigenvalue weighted by Gasteiger charge is 2.25. The number of nitrogens with zero attached hydrogens (tertiary/aromatic N) is 1. The molecular formula is C20H25NO. The van der Waals surface area contributed by atoms with E-state index in [0.29, 0.717) is 6.04 Å². The van der Waals surface area contributed by atoms with Gasteiger partial charge in [-0.25, -0.2) is 0 Å². The Bertz CT molecular complexity index is 605. The van der Waals surface area contributed by atoms with Crippen molar-refractivity contribution in [2.24, 2.45) is 0 Å². The molecule has 0 aliphatic carbocycles. The van der Waals surface area contributed by atoms with Crippen LogP contribution in [0.2, 0.25) is 0 Å². The first-order chi connectivity index (χ1) is 10.8. The quantitative estimate of drug-likeness (QED) is 0.790. The van der Waals surface area contributed by atoms with Crippen LogP contribution in [0, 0.1) is 6.92 Å². The second-order valence-corrected chi connectivity index (χ2v) is 6.12. The van der Waals surface area contributed by atoms with Crippen LogP contribution in [0.15, 0.2) is 48.5 Å². The molecule has 3 rings (SSSR count). The number of ether oxygens (including phenoxy) is 1. The third kappa shape index (κ3) is 3.50. The van der Waals surface area contributed by atoms with E-state index in [0.717, 1.165) is 18.9 Å². The molecule has 0 saturated carbocycles. The predicted octanol–water partition coefficient (Wildman–Crippen LogP) is 4.73. The Morgan fingerprint density at radius 3 is 2.68 bits per heavy atom. The van der Waals surface area contributed by atoms with Gasteiger partial charge in [0.2, 0.25) is 0 Å². The van der Waals surface area contributed by atoms with Gasteiger partial charge in [0.15, 0.2) is 0 Å². The molecule has 0 N–H and O–H groups in total. The van der Waals surface area contributed by atoms with E-state index < -0.39 is 0 Å². The third-order valence-corrected chi connectivity index (χ3v) is 4.41. The van der Waals surface area contributed by atoms with Crippen LogP contribution >= 0.6 is 0 Å². The van der Waals surface area contributed by atoms with Crippen LogP contribution in [0.3, 0.4) is 0 Å². The van der Waals surface area contributed by atoms with Crippen LogP contribution in [0.4, 0.5) is 0 Å². The first-order valence-electron chi connectivity index (χ1n) is 8.28. The standard InChI is InChI=1S/C20H25NO/c1-3-22-19-11-9-17(10-12-19)15-21-13-5-8-20(21)18-7-4-6-16(2)14-18/h4,6-7,9-12,14,20H,3,5,8,13,15H2,1-2H3. The Hall–Kier alpha value is -1.80. The molecule has 1 aliphatic heterocycles. The Morgan fingerprint density at radius 1 is 1.14 bits per heavy atom. The van der Waals surface area contributed by atoms with Crippen LogP contribution < -0.4 is 4.74 Å². The largest absolute Gasteiger partial charge is 0.494 e. The molecule has 116 valence electrons. The smallest absolute Gasteiger partial charge is 0.119 e. The van der Waals surface area contributed by atoms with Crippen molar-refractivity contribution in [3.05, 3.63) is 65.2 Å². The molecule has 0 bridgehead atoms. The summed E-state index contributed by atoms with van der Waals surface area (Å²) in [5.74, 6) is 0.961. The monoisotopic (exact) mass is 295 g/mol. The molecule has 1 unspecified atom stereocenters. The molecule has 2 aromatic carbocycles. The highest BCUT2D eigenvalue weighted by molar-refractivity contribution is 5.29. The molecule has 22 heavy (non-hydrogen) atoms. The van der Waals surface area contributed by atoms with Crippen LogP contribution in [0.1, 0.15) is 42.5 Å². The Labute approximate surface area is 133 Å². The average molecular weight is 295 g/mol. The molecule has 1 fully saturated rings. The summed E-state index contributed by atoms with van der Waals surface area (Å²) in [6, 6.07) is 18.1. The van der Waals surface area contributed by atoms with Gasteiger partial charge in [-0.15, -0.1) is 0 Å². The zero-order chi connectivity index (χ0) is 15.4. The van der Waals surface area contributed by atoms with E-state index >= 15 is 0 Å². The summed E-state index contributed by atoms with van der Waals surface area (Å²) in [6.07, 6.45) is 2.55. The van der Waals surface area contributed by atoms with E-state index in [9.17, 15) is 0 Å². The van der Waals surface area contributed by atoms with Gasteiger partial charge in [-0.2, -0.15) is 0 Å². The van der Waals surface area contributed by atoms with Gasteiger partial charge < -0.3 is 4.74 Å². The molecule has 1 atom stereocenters. The molecule has 2 nitrogen and oxygen atoms in total. The van der Waals surface area contributed by atoms with Gasteiger partial charge in [-0.3, -0.25) is 4.90 Å². The van der Waals surface area contributed by atoms with Crippen LogP contribution in [0.25, 0.3) is 0 Å². The number of rotatable bonds is 5. The first kappa shape index (κ1) is 15.1. The summed E-state index contributed by atoms with van der Waals surface area (Å²) in [4.78, 5) is 2.60. The van der Waals surface area contributed by atoms with Gasteiger partial charge in [0.05, 0.1) is 6.61 Å². The number of likely N-dealkylation sites (tertiary alicyclic amines) is 1. The highest BCUT2D eigenvalue weighted by Crippen LogP contribution is 2.33. The lowest BCUT2D eigenvalue weighted by atomic mass is 10.0. The third-order valence-electron chi connectivity index (χ3n) is 4.41. The summed E-state index contributed by atoms with van der Waals surface area (Å²) < 4.78 is 5.52. The van der Waals surface area contributed by atoms with Gasteiger partial charge in [0, 0.05) is 12.6 Å². The molecule has 0 spiro atoms. The van der Waals surface area contributed by atoms with Gasteiger partial charge in [0.1, 0.15) is 5.75 Å². The Kier molecular flexibility index (Phi) is 4.79. The predicted molar refractivity (Wildman–Crippen MR) is 91.2 cm³/mol. The number of benzene rings is 2. The molecule has 0 radical (unpaired) electrons. The van der Waals surface area contributed by atoms with Gasteiger partial charge in [-0.05, 0) is 56.5 Å². The van der Waals surface area contributed by atoms with Crippen molar-refractivity contribution >= 4 is 0 Å². The topological polar surface area (TPSA) is 12.5 Å². The SMILES string of the molecule is CCOc1ccc(CN2CCCC2c2cccc(C)c2)cc1. The second kappa shape index (κ2) is 6.97. The minimum atomic E-state index is 0.562. The lowest BCUT2D eigenvalue weighted by Crippen LogP contribution is -2.22. The summed E-state index contributed by atoms with van der Waals surface area (Å²) in [5, 5.41) is 0. The van der Waals surface area contributed by atoms with Gasteiger partial charge >= 0.3 is 0 Å². The molecule has 1 heterocycles. The van der Waals surface area contributed by atoms with Crippen LogP contribution in [-0.2, 0) is 6.54 Å². The van der Waals surface area contributed by atoms with Crippen molar-refractivity contribution in [2.75, 3.05) is 13.2 Å². The molecule has 2 aromatic rings. The van der Waals surface area contributed by atoms with Crippen LogP contribution in [-0.4, -0.2) is 18.1 Å². The first-order valence-corrected chi connectivity index (χ1v) is 8.28.